The molecule has 13 heteroatoms. The van der Waals surface area contributed by atoms with Crippen LogP contribution >= 0.6 is 19.6 Å². The summed E-state index contributed by atoms with van der Waals surface area (Å²) in [7, 11) is -4.28. The molecule has 2 atom stereocenters. The molecule has 3 N–H and O–H groups in total. The molecule has 1 fully saturated rings. The molecule has 2 amide bonds. The summed E-state index contributed by atoms with van der Waals surface area (Å²) in [6.45, 7) is 4.62. The van der Waals surface area contributed by atoms with E-state index < -0.39 is 31.0 Å². The van der Waals surface area contributed by atoms with E-state index in [-0.39, 0.29) is 61.5 Å². The van der Waals surface area contributed by atoms with Crippen LogP contribution in [0.3, 0.4) is 0 Å². The summed E-state index contributed by atoms with van der Waals surface area (Å²) in [4.78, 5) is 67.2. The normalized spacial score (nSPS) is 22.7. The molecule has 1 rings (SSSR count). The zero-order valence-corrected chi connectivity index (χ0v) is 18.8. The minimum atomic E-state index is -4.28. The third-order valence-electron chi connectivity index (χ3n) is 3.91. The molecule has 30 heavy (non-hydrogen) atoms. The van der Waals surface area contributed by atoms with Crippen LogP contribution in [0.15, 0.2) is 0 Å². The molecular formula is C17H27N2O9PS. The molecule has 1 heterocycles. The van der Waals surface area contributed by atoms with Crippen molar-refractivity contribution in [1.29, 1.82) is 0 Å². The monoisotopic (exact) mass is 466 g/mol. The average molecular weight is 466 g/mol. The Labute approximate surface area is 178 Å². The van der Waals surface area contributed by atoms with Crippen molar-refractivity contribution >= 4 is 48.1 Å². The summed E-state index contributed by atoms with van der Waals surface area (Å²) < 4.78 is 21.1. The molecule has 1 aliphatic rings. The van der Waals surface area contributed by atoms with Crippen LogP contribution in [-0.4, -0.2) is 64.9 Å². The fourth-order valence-electron chi connectivity index (χ4n) is 2.42. The molecule has 1 unspecified atom stereocenters. The van der Waals surface area contributed by atoms with E-state index >= 15 is 0 Å². The number of hydrogen-bond donors (Lipinski definition) is 3. The van der Waals surface area contributed by atoms with Gasteiger partial charge in [0, 0.05) is 30.7 Å². The van der Waals surface area contributed by atoms with Crippen LogP contribution in [0.1, 0.15) is 40.0 Å². The van der Waals surface area contributed by atoms with E-state index in [0.717, 1.165) is 11.8 Å². The van der Waals surface area contributed by atoms with Gasteiger partial charge in [-0.15, -0.1) is 0 Å². The second kappa shape index (κ2) is 11.7. The zero-order valence-electron chi connectivity index (χ0n) is 17.1. The topological polar surface area (TPSA) is 165 Å². The minimum Gasteiger partial charge on any atom is -0.355 e. The van der Waals surface area contributed by atoms with Crippen molar-refractivity contribution in [2.45, 2.75) is 46.1 Å². The van der Waals surface area contributed by atoms with Crippen molar-refractivity contribution in [3.63, 3.8) is 0 Å². The maximum Gasteiger partial charge on any atom is 0.472 e. The second-order valence-corrected chi connectivity index (χ2v) is 9.98. The quantitative estimate of drug-likeness (QED) is 0.220. The summed E-state index contributed by atoms with van der Waals surface area (Å²) in [6, 6.07) is 0. The van der Waals surface area contributed by atoms with E-state index in [0.29, 0.717) is 0 Å². The van der Waals surface area contributed by atoms with Gasteiger partial charge in [0.2, 0.25) is 11.8 Å². The number of rotatable bonds is 11. The zero-order chi connectivity index (χ0) is 22.9. The van der Waals surface area contributed by atoms with Gasteiger partial charge in [-0.3, -0.25) is 33.0 Å². The molecule has 1 saturated heterocycles. The molecule has 0 aliphatic carbocycles. The van der Waals surface area contributed by atoms with Gasteiger partial charge < -0.3 is 15.5 Å². The van der Waals surface area contributed by atoms with Crippen LogP contribution in [0.2, 0.25) is 0 Å². The molecule has 0 aromatic carbocycles. The van der Waals surface area contributed by atoms with Crippen LogP contribution in [-0.2, 0) is 37.6 Å². The summed E-state index contributed by atoms with van der Waals surface area (Å²) in [5.74, 6) is -1.46. The van der Waals surface area contributed by atoms with Crippen molar-refractivity contribution < 1.29 is 42.5 Å². The molecule has 170 valence electrons. The van der Waals surface area contributed by atoms with Gasteiger partial charge in [-0.25, -0.2) is 4.57 Å². The van der Waals surface area contributed by atoms with Crippen LogP contribution < -0.4 is 10.6 Å². The van der Waals surface area contributed by atoms with E-state index in [2.05, 4.69) is 10.6 Å². The number of Topliss-reactive ketones (excluding diaryl/α,β-unsaturated/α-hetero) is 2. The maximum absolute atomic E-state index is 12.2. The van der Waals surface area contributed by atoms with E-state index in [1.165, 1.54) is 6.92 Å². The smallest absolute Gasteiger partial charge is 0.355 e. The number of hydrogen-bond acceptors (Lipinski definition) is 9. The van der Waals surface area contributed by atoms with Gasteiger partial charge in [0.15, 0.2) is 11.2 Å². The van der Waals surface area contributed by atoms with Crippen LogP contribution in [0.4, 0.5) is 0 Å². The molecule has 0 bridgehead atoms. The molecule has 1 aliphatic heterocycles. The highest BCUT2D eigenvalue weighted by Gasteiger charge is 2.47. The van der Waals surface area contributed by atoms with Crippen molar-refractivity contribution in [1.82, 2.24) is 10.6 Å². The Morgan fingerprint density at radius 1 is 1.13 bits per heavy atom. The number of phosphoric ester groups is 1. The number of carbonyl (C=O) groups excluding carboxylic acids is 5. The predicted molar refractivity (Wildman–Crippen MR) is 107 cm³/mol. The van der Waals surface area contributed by atoms with Crippen molar-refractivity contribution in [2.24, 2.45) is 5.41 Å². The SMILES string of the molecule is CC(=O)CC(=O)CC(=O)SCCNC(=O)CCNC(=O)[C@@H]1OP(=O)(O)OCC1(C)C. The van der Waals surface area contributed by atoms with Gasteiger partial charge in [-0.1, -0.05) is 25.6 Å². The van der Waals surface area contributed by atoms with Crippen LogP contribution in [0, 0.1) is 5.41 Å². The van der Waals surface area contributed by atoms with E-state index in [1.54, 1.807) is 13.8 Å². The lowest BCUT2D eigenvalue weighted by Crippen LogP contribution is -2.49. The van der Waals surface area contributed by atoms with Crippen LogP contribution in [0.25, 0.3) is 0 Å². The van der Waals surface area contributed by atoms with Gasteiger partial charge in [0.25, 0.3) is 0 Å². The highest BCUT2D eigenvalue weighted by Crippen LogP contribution is 2.52. The lowest BCUT2D eigenvalue weighted by molar-refractivity contribution is -0.141. The third kappa shape index (κ3) is 9.94. The summed E-state index contributed by atoms with van der Waals surface area (Å²) in [5.41, 5.74) is -0.821. The highest BCUT2D eigenvalue weighted by molar-refractivity contribution is 8.13. The van der Waals surface area contributed by atoms with Gasteiger partial charge in [-0.2, -0.15) is 0 Å². The van der Waals surface area contributed by atoms with Crippen molar-refractivity contribution in [2.75, 3.05) is 25.4 Å². The minimum absolute atomic E-state index is 0.0111. The van der Waals surface area contributed by atoms with Gasteiger partial charge in [-0.05, 0) is 6.92 Å². The lowest BCUT2D eigenvalue weighted by Gasteiger charge is -2.38. The molecule has 0 radical (unpaired) electrons. The summed E-state index contributed by atoms with van der Waals surface area (Å²) in [6.07, 6.45) is -1.82. The Kier molecular flexibility index (Phi) is 10.3. The molecule has 0 spiro atoms. The summed E-state index contributed by atoms with van der Waals surface area (Å²) in [5, 5.41) is 4.68. The Bertz CT molecular complexity index is 741. The Morgan fingerprint density at radius 3 is 2.43 bits per heavy atom. The number of carbonyl (C=O) groups is 5. The van der Waals surface area contributed by atoms with Crippen molar-refractivity contribution in [3.05, 3.63) is 0 Å². The molecule has 0 aromatic rings. The largest absolute Gasteiger partial charge is 0.472 e. The third-order valence-corrected chi connectivity index (χ3v) is 5.72. The van der Waals surface area contributed by atoms with E-state index in [4.69, 9.17) is 9.05 Å². The van der Waals surface area contributed by atoms with E-state index in [1.807, 2.05) is 0 Å². The number of phosphoric acid groups is 1. The number of amides is 2. The first kappa shape index (κ1) is 26.4. The first-order valence-electron chi connectivity index (χ1n) is 9.19. The average Bonchev–Trinajstić information content (AvgIpc) is 2.60. The van der Waals surface area contributed by atoms with Crippen molar-refractivity contribution in [3.8, 4) is 0 Å². The Morgan fingerprint density at radius 2 is 1.80 bits per heavy atom. The van der Waals surface area contributed by atoms with E-state index in [9.17, 15) is 33.4 Å². The van der Waals surface area contributed by atoms with Crippen LogP contribution in [0.5, 0.6) is 0 Å². The molecule has 11 nitrogen and oxygen atoms in total. The highest BCUT2D eigenvalue weighted by atomic mass is 32.2. The fourth-order valence-corrected chi connectivity index (χ4v) is 4.32. The maximum atomic E-state index is 12.2. The van der Waals surface area contributed by atoms with Gasteiger partial charge >= 0.3 is 7.82 Å². The van der Waals surface area contributed by atoms with Gasteiger partial charge in [0.1, 0.15) is 11.6 Å². The molecular weight excluding hydrogens is 439 g/mol. The fraction of sp³-hybridized carbons (Fsp3) is 0.706. The summed E-state index contributed by atoms with van der Waals surface area (Å²) >= 11 is 0.887. The lowest BCUT2D eigenvalue weighted by atomic mass is 9.87. The van der Waals surface area contributed by atoms with Gasteiger partial charge in [0.05, 0.1) is 19.4 Å². The first-order chi connectivity index (χ1) is 13.8. The molecule has 0 aromatic heterocycles. The number of thioether (sulfide) groups is 1. The first-order valence-corrected chi connectivity index (χ1v) is 11.7. The molecule has 0 saturated carbocycles. The Balaban J connectivity index is 2.23. The predicted octanol–water partition coefficient (Wildman–Crippen LogP) is 0.349. The Hall–Kier alpha value is -1.59. The number of nitrogens with one attached hydrogen (secondary N) is 2. The second-order valence-electron chi connectivity index (χ2n) is 7.42. The standard InChI is InChI=1S/C17H27N2O9PS/c1-11(20)8-12(21)9-14(23)30-7-6-18-13(22)4-5-19-16(24)15-17(2,3)10-27-29(25,26)28-15/h15H,4-10H2,1-3H3,(H,18,22)(H,19,24)(H,25,26)/t15-/m0/s1. The number of ketones is 2.